The van der Waals surface area contributed by atoms with Gasteiger partial charge in [-0.3, -0.25) is 9.59 Å². The van der Waals surface area contributed by atoms with E-state index in [0.29, 0.717) is 6.42 Å². The number of benzene rings is 2. The van der Waals surface area contributed by atoms with Gasteiger partial charge in [0.1, 0.15) is 6.61 Å². The predicted molar refractivity (Wildman–Crippen MR) is 132 cm³/mol. The van der Waals surface area contributed by atoms with Crippen molar-refractivity contribution >= 4 is 18.0 Å². The normalized spacial score (nSPS) is 12.9. The molecule has 8 nitrogen and oxygen atoms in total. The predicted octanol–water partition coefficient (Wildman–Crippen LogP) is 4.08. The number of aliphatic carboxylic acids is 1. The number of amides is 2. The number of alkyl carbamates (subject to hydrolysis) is 1. The molecule has 0 aromatic heterocycles. The minimum absolute atomic E-state index is 0.00481. The average molecular weight is 483 g/mol. The van der Waals surface area contributed by atoms with Gasteiger partial charge in [-0.15, -0.1) is 0 Å². The van der Waals surface area contributed by atoms with Crippen LogP contribution >= 0.6 is 0 Å². The highest BCUT2D eigenvalue weighted by Crippen LogP contribution is 2.44. The van der Waals surface area contributed by atoms with Crippen molar-refractivity contribution in [3.8, 4) is 11.1 Å². The lowest BCUT2D eigenvalue weighted by molar-refractivity contribution is -0.137. The number of fused-ring (bicyclic) bond motifs is 3. The zero-order valence-electron chi connectivity index (χ0n) is 20.1. The van der Waals surface area contributed by atoms with Crippen LogP contribution in [0.15, 0.2) is 48.5 Å². The standard InChI is InChI=1S/C27H34N2O6/c1-2-3-8-19(17-26(31)32)29-25(30)13-15-34-16-14-28-27(33)35-18-24-22-11-6-4-9-20(22)21-10-5-7-12-23(21)24/h4-7,9-12,19,24H,2-3,8,13-18H2,1H3,(H,28,33)(H,29,30)(H,31,32). The first kappa shape index (κ1) is 26.2. The molecule has 0 spiro atoms. The summed E-state index contributed by atoms with van der Waals surface area (Å²) < 4.78 is 10.9. The van der Waals surface area contributed by atoms with Crippen LogP contribution in [0.2, 0.25) is 0 Å². The van der Waals surface area contributed by atoms with Crippen molar-refractivity contribution in [2.45, 2.75) is 51.0 Å². The van der Waals surface area contributed by atoms with Crippen molar-refractivity contribution in [3.63, 3.8) is 0 Å². The molecule has 1 atom stereocenters. The molecule has 1 aliphatic rings. The van der Waals surface area contributed by atoms with E-state index in [1.807, 2.05) is 31.2 Å². The van der Waals surface area contributed by atoms with E-state index < -0.39 is 12.1 Å². The molecule has 0 radical (unpaired) electrons. The molecule has 0 saturated carbocycles. The van der Waals surface area contributed by atoms with Crippen LogP contribution in [0.1, 0.15) is 56.1 Å². The van der Waals surface area contributed by atoms with Crippen molar-refractivity contribution in [2.75, 3.05) is 26.4 Å². The average Bonchev–Trinajstić information content (AvgIpc) is 3.16. The van der Waals surface area contributed by atoms with Crippen LogP contribution < -0.4 is 10.6 Å². The monoisotopic (exact) mass is 482 g/mol. The van der Waals surface area contributed by atoms with Gasteiger partial charge < -0.3 is 25.2 Å². The third kappa shape index (κ3) is 7.82. The Bertz CT molecular complexity index is 963. The van der Waals surface area contributed by atoms with Crippen molar-refractivity contribution in [3.05, 3.63) is 59.7 Å². The summed E-state index contributed by atoms with van der Waals surface area (Å²) in [5.41, 5.74) is 4.66. The lowest BCUT2D eigenvalue weighted by Crippen LogP contribution is -2.37. The van der Waals surface area contributed by atoms with Gasteiger partial charge in [0.2, 0.25) is 5.91 Å². The molecule has 0 aliphatic heterocycles. The first-order chi connectivity index (χ1) is 17.0. The van der Waals surface area contributed by atoms with Crippen molar-refractivity contribution in [1.29, 1.82) is 0 Å². The molecule has 0 saturated heterocycles. The number of carbonyl (C=O) groups is 3. The molecule has 2 aromatic rings. The number of carboxylic acids is 1. The van der Waals surface area contributed by atoms with Gasteiger partial charge >= 0.3 is 12.1 Å². The minimum atomic E-state index is -0.929. The molecule has 1 aliphatic carbocycles. The van der Waals surface area contributed by atoms with Gasteiger partial charge in [-0.05, 0) is 28.7 Å². The zero-order valence-corrected chi connectivity index (χ0v) is 20.1. The SMILES string of the molecule is CCCCC(CC(=O)O)NC(=O)CCOCCNC(=O)OCC1c2ccccc2-c2ccccc21. The molecule has 0 heterocycles. The lowest BCUT2D eigenvalue weighted by Gasteiger charge is -2.16. The van der Waals surface area contributed by atoms with Crippen molar-refractivity contribution in [1.82, 2.24) is 10.6 Å². The smallest absolute Gasteiger partial charge is 0.407 e. The highest BCUT2D eigenvalue weighted by Gasteiger charge is 2.28. The topological polar surface area (TPSA) is 114 Å². The Balaban J connectivity index is 1.32. The summed E-state index contributed by atoms with van der Waals surface area (Å²) in [5.74, 6) is -1.16. The highest BCUT2D eigenvalue weighted by molar-refractivity contribution is 5.79. The molecule has 0 fully saturated rings. The number of nitrogens with one attached hydrogen (secondary N) is 2. The van der Waals surface area contributed by atoms with Gasteiger partial charge in [-0.2, -0.15) is 0 Å². The fraction of sp³-hybridized carbons (Fsp3) is 0.444. The van der Waals surface area contributed by atoms with E-state index in [9.17, 15) is 14.4 Å². The van der Waals surface area contributed by atoms with E-state index in [-0.39, 0.29) is 57.1 Å². The first-order valence-corrected chi connectivity index (χ1v) is 12.2. The summed E-state index contributed by atoms with van der Waals surface area (Å²) in [4.78, 5) is 35.2. The second kappa shape index (κ2) is 13.5. The van der Waals surface area contributed by atoms with E-state index in [1.54, 1.807) is 0 Å². The van der Waals surface area contributed by atoms with E-state index in [1.165, 1.54) is 11.1 Å². The van der Waals surface area contributed by atoms with Crippen LogP contribution in [0.3, 0.4) is 0 Å². The number of hydrogen-bond donors (Lipinski definition) is 3. The molecule has 1 unspecified atom stereocenters. The highest BCUT2D eigenvalue weighted by atomic mass is 16.5. The molecule has 8 heteroatoms. The van der Waals surface area contributed by atoms with E-state index in [2.05, 4.69) is 34.9 Å². The molecular weight excluding hydrogens is 448 g/mol. The lowest BCUT2D eigenvalue weighted by atomic mass is 9.98. The zero-order chi connectivity index (χ0) is 25.0. The fourth-order valence-corrected chi connectivity index (χ4v) is 4.33. The van der Waals surface area contributed by atoms with Gasteiger partial charge in [-0.1, -0.05) is 68.3 Å². The third-order valence-electron chi connectivity index (χ3n) is 6.03. The van der Waals surface area contributed by atoms with Crippen LogP contribution in [0.5, 0.6) is 0 Å². The van der Waals surface area contributed by atoms with E-state index in [0.717, 1.165) is 24.0 Å². The van der Waals surface area contributed by atoms with E-state index >= 15 is 0 Å². The maximum atomic E-state index is 12.2. The summed E-state index contributed by atoms with van der Waals surface area (Å²) in [6.45, 7) is 2.95. The van der Waals surface area contributed by atoms with Crippen LogP contribution in [0, 0.1) is 0 Å². The van der Waals surface area contributed by atoms with Crippen molar-refractivity contribution < 1.29 is 29.0 Å². The second-order valence-electron chi connectivity index (χ2n) is 8.62. The van der Waals surface area contributed by atoms with E-state index in [4.69, 9.17) is 14.6 Å². The summed E-state index contributed by atoms with van der Waals surface area (Å²) in [7, 11) is 0. The van der Waals surface area contributed by atoms with Crippen LogP contribution in [0.25, 0.3) is 11.1 Å². The maximum absolute atomic E-state index is 12.2. The van der Waals surface area contributed by atoms with Gasteiger partial charge in [0.05, 0.1) is 19.6 Å². The number of hydrogen-bond acceptors (Lipinski definition) is 5. The Labute approximate surface area is 206 Å². The molecule has 2 amide bonds. The van der Waals surface area contributed by atoms with Crippen LogP contribution in [-0.2, 0) is 19.1 Å². The Kier molecular flexibility index (Phi) is 10.1. The summed E-state index contributed by atoms with van der Waals surface area (Å²) >= 11 is 0. The van der Waals surface area contributed by atoms with Crippen molar-refractivity contribution in [2.24, 2.45) is 0 Å². The van der Waals surface area contributed by atoms with Crippen LogP contribution in [0.4, 0.5) is 4.79 Å². The number of carboxylic acid groups (broad SMARTS) is 1. The number of ether oxygens (including phenoxy) is 2. The molecule has 2 aromatic carbocycles. The second-order valence-corrected chi connectivity index (χ2v) is 8.62. The van der Waals surface area contributed by atoms with Gasteiger partial charge in [0.25, 0.3) is 0 Å². The minimum Gasteiger partial charge on any atom is -0.481 e. The Hall–Kier alpha value is -3.39. The van der Waals surface area contributed by atoms with Gasteiger partial charge in [-0.25, -0.2) is 4.79 Å². The van der Waals surface area contributed by atoms with Gasteiger partial charge in [0.15, 0.2) is 0 Å². The third-order valence-corrected chi connectivity index (χ3v) is 6.03. The molecule has 35 heavy (non-hydrogen) atoms. The first-order valence-electron chi connectivity index (χ1n) is 12.2. The summed E-state index contributed by atoms with van der Waals surface area (Å²) in [6, 6.07) is 16.0. The Morgan fingerprint density at radius 2 is 1.66 bits per heavy atom. The number of carbonyl (C=O) groups excluding carboxylic acids is 2. The molecule has 3 rings (SSSR count). The Morgan fingerprint density at radius 1 is 1.00 bits per heavy atom. The number of rotatable bonds is 14. The Morgan fingerprint density at radius 3 is 2.29 bits per heavy atom. The fourth-order valence-electron chi connectivity index (χ4n) is 4.33. The summed E-state index contributed by atoms with van der Waals surface area (Å²) in [6.07, 6.45) is 1.96. The summed E-state index contributed by atoms with van der Waals surface area (Å²) in [5, 5.41) is 14.4. The molecule has 188 valence electrons. The molecule has 0 bridgehead atoms. The number of unbranched alkanes of at least 4 members (excludes halogenated alkanes) is 1. The molecule has 3 N–H and O–H groups in total. The van der Waals surface area contributed by atoms with Crippen LogP contribution in [-0.4, -0.2) is 55.5 Å². The molecular formula is C27H34N2O6. The van der Waals surface area contributed by atoms with Gasteiger partial charge in [0, 0.05) is 24.9 Å². The largest absolute Gasteiger partial charge is 0.481 e. The quantitative estimate of drug-likeness (QED) is 0.350. The maximum Gasteiger partial charge on any atom is 0.407 e.